The van der Waals surface area contributed by atoms with Crippen molar-refractivity contribution >= 4 is 34.2 Å². The zero-order valence-electron chi connectivity index (χ0n) is 13.4. The Labute approximate surface area is 160 Å². The van der Waals surface area contributed by atoms with Crippen LogP contribution in [-0.2, 0) is 4.79 Å². The van der Waals surface area contributed by atoms with Crippen molar-refractivity contribution in [3.05, 3.63) is 64.4 Å². The van der Waals surface area contributed by atoms with E-state index in [1.54, 1.807) is 11.0 Å². The fourth-order valence-electron chi connectivity index (χ4n) is 2.91. The molecule has 1 heterocycles. The van der Waals surface area contributed by atoms with E-state index in [1.165, 1.54) is 12.1 Å². The molecule has 0 saturated carbocycles. The molecule has 1 saturated heterocycles. The van der Waals surface area contributed by atoms with Crippen molar-refractivity contribution in [2.45, 2.75) is 12.0 Å². The second kappa shape index (κ2) is 8.65. The number of nitrogens with zero attached hydrogens (tertiary/aromatic N) is 1. The van der Waals surface area contributed by atoms with Gasteiger partial charge in [-0.05, 0) is 23.8 Å². The maximum atomic E-state index is 13.7. The monoisotopic (exact) mass is 428 g/mol. The lowest BCUT2D eigenvalue weighted by Crippen LogP contribution is -2.35. The maximum Gasteiger partial charge on any atom is 0.260 e. The van der Waals surface area contributed by atoms with Gasteiger partial charge in [0.2, 0.25) is 0 Å². The smallest absolute Gasteiger partial charge is 0.260 e. The Hall–Kier alpha value is -1.63. The van der Waals surface area contributed by atoms with Gasteiger partial charge in [0.15, 0.2) is 18.2 Å². The summed E-state index contributed by atoms with van der Waals surface area (Å²) in [4.78, 5) is 14.0. The van der Waals surface area contributed by atoms with Crippen LogP contribution in [0.15, 0.2) is 53.0 Å². The number of carbonyl (C=O) groups excluding carboxylic acids is 1. The van der Waals surface area contributed by atoms with E-state index in [0.717, 1.165) is 5.56 Å². The molecule has 4 nitrogen and oxygen atoms in total. The summed E-state index contributed by atoms with van der Waals surface area (Å²) >= 11 is 3.18. The van der Waals surface area contributed by atoms with Gasteiger partial charge < -0.3 is 15.4 Å². The van der Waals surface area contributed by atoms with E-state index in [-0.39, 0.29) is 42.6 Å². The van der Waals surface area contributed by atoms with Crippen LogP contribution >= 0.6 is 28.3 Å². The maximum absolute atomic E-state index is 13.7. The average Bonchev–Trinajstić information content (AvgIpc) is 2.96. The molecule has 2 aromatic rings. The molecule has 2 aromatic carbocycles. The van der Waals surface area contributed by atoms with Crippen molar-refractivity contribution in [3.8, 4) is 5.75 Å². The minimum absolute atomic E-state index is 0. The molecule has 3 rings (SSSR count). The summed E-state index contributed by atoms with van der Waals surface area (Å²) in [7, 11) is 0. The number of hydrogen-bond acceptors (Lipinski definition) is 3. The Balaban J connectivity index is 0.00000225. The number of nitrogens with two attached hydrogens (primary N) is 1. The van der Waals surface area contributed by atoms with Gasteiger partial charge in [0.05, 0.1) is 0 Å². The van der Waals surface area contributed by atoms with E-state index in [9.17, 15) is 9.18 Å². The summed E-state index contributed by atoms with van der Waals surface area (Å²) in [6, 6.07) is 14.3. The second-order valence-corrected chi connectivity index (χ2v) is 6.76. The zero-order chi connectivity index (χ0) is 17.1. The summed E-state index contributed by atoms with van der Waals surface area (Å²) in [6.07, 6.45) is 0. The van der Waals surface area contributed by atoms with Crippen LogP contribution in [0.1, 0.15) is 11.5 Å². The lowest BCUT2D eigenvalue weighted by atomic mass is 9.95. The third-order valence-corrected chi connectivity index (χ3v) is 4.68. The van der Waals surface area contributed by atoms with Crippen molar-refractivity contribution in [2.24, 2.45) is 5.73 Å². The van der Waals surface area contributed by atoms with Crippen molar-refractivity contribution in [1.82, 2.24) is 4.90 Å². The number of benzene rings is 2. The number of likely N-dealkylation sites (tertiary alicyclic amines) is 1. The van der Waals surface area contributed by atoms with E-state index in [2.05, 4.69) is 15.9 Å². The SMILES string of the molecule is Cl.N[C@@H]1CN(C(=O)COc2ccc(Br)cc2F)C[C@H]1c1ccccc1. The Morgan fingerprint density at radius 3 is 2.64 bits per heavy atom. The highest BCUT2D eigenvalue weighted by Crippen LogP contribution is 2.27. The Kier molecular flexibility index (Phi) is 6.81. The van der Waals surface area contributed by atoms with Crippen molar-refractivity contribution in [3.63, 3.8) is 0 Å². The average molecular weight is 430 g/mol. The third kappa shape index (κ3) is 4.71. The molecule has 0 aliphatic carbocycles. The summed E-state index contributed by atoms with van der Waals surface area (Å²) in [5, 5.41) is 0. The lowest BCUT2D eigenvalue weighted by molar-refractivity contribution is -0.132. The van der Waals surface area contributed by atoms with E-state index in [0.29, 0.717) is 17.6 Å². The van der Waals surface area contributed by atoms with Gasteiger partial charge in [0, 0.05) is 29.5 Å². The van der Waals surface area contributed by atoms with Gasteiger partial charge in [-0.2, -0.15) is 0 Å². The molecule has 7 heteroatoms. The minimum atomic E-state index is -0.502. The van der Waals surface area contributed by atoms with Crippen molar-refractivity contribution in [2.75, 3.05) is 19.7 Å². The molecule has 1 amide bonds. The highest BCUT2D eigenvalue weighted by atomic mass is 79.9. The summed E-state index contributed by atoms with van der Waals surface area (Å²) in [6.45, 7) is 0.827. The number of amides is 1. The normalized spacial score (nSPS) is 19.4. The van der Waals surface area contributed by atoms with Crippen LogP contribution in [0.5, 0.6) is 5.75 Å². The molecule has 0 spiro atoms. The zero-order valence-corrected chi connectivity index (χ0v) is 15.8. The molecule has 2 N–H and O–H groups in total. The molecular formula is C18H19BrClFN2O2. The summed E-state index contributed by atoms with van der Waals surface area (Å²) in [5.74, 6) is -0.516. The first-order chi connectivity index (χ1) is 11.5. The standard InChI is InChI=1S/C18H18BrFN2O2.ClH/c19-13-6-7-17(15(20)8-13)24-11-18(23)22-9-14(16(21)10-22)12-4-2-1-3-5-12;/h1-8,14,16H,9-11,21H2;1H/t14-,16+;/m0./s1. The van der Waals surface area contributed by atoms with Gasteiger partial charge in [0.1, 0.15) is 0 Å². The van der Waals surface area contributed by atoms with Crippen LogP contribution in [-0.4, -0.2) is 36.5 Å². The molecular weight excluding hydrogens is 411 g/mol. The van der Waals surface area contributed by atoms with Gasteiger partial charge in [0.25, 0.3) is 5.91 Å². The first-order valence-corrected chi connectivity index (χ1v) is 8.50. The van der Waals surface area contributed by atoms with Gasteiger partial charge >= 0.3 is 0 Å². The van der Waals surface area contributed by atoms with Gasteiger partial charge in [-0.25, -0.2) is 4.39 Å². The Morgan fingerprint density at radius 2 is 1.96 bits per heavy atom. The van der Waals surface area contributed by atoms with E-state index in [1.807, 2.05) is 30.3 Å². The molecule has 25 heavy (non-hydrogen) atoms. The molecule has 0 bridgehead atoms. The molecule has 1 aliphatic heterocycles. The molecule has 134 valence electrons. The van der Waals surface area contributed by atoms with E-state index >= 15 is 0 Å². The largest absolute Gasteiger partial charge is 0.481 e. The molecule has 0 radical (unpaired) electrons. The predicted octanol–water partition coefficient (Wildman–Crippen LogP) is 3.34. The Bertz CT molecular complexity index is 732. The van der Waals surface area contributed by atoms with Gasteiger partial charge in [-0.15, -0.1) is 12.4 Å². The van der Waals surface area contributed by atoms with Crippen LogP contribution in [0, 0.1) is 5.82 Å². The number of rotatable bonds is 4. The van der Waals surface area contributed by atoms with Crippen LogP contribution in [0.4, 0.5) is 4.39 Å². The molecule has 0 unspecified atom stereocenters. The second-order valence-electron chi connectivity index (χ2n) is 5.84. The van der Waals surface area contributed by atoms with Crippen molar-refractivity contribution in [1.29, 1.82) is 0 Å². The molecule has 1 fully saturated rings. The summed E-state index contributed by atoms with van der Waals surface area (Å²) in [5.41, 5.74) is 7.31. The van der Waals surface area contributed by atoms with E-state index in [4.69, 9.17) is 10.5 Å². The number of hydrogen-bond donors (Lipinski definition) is 1. The fraction of sp³-hybridized carbons (Fsp3) is 0.278. The number of carbonyl (C=O) groups is 1. The quantitative estimate of drug-likeness (QED) is 0.811. The minimum Gasteiger partial charge on any atom is -0.481 e. The number of ether oxygens (including phenoxy) is 1. The Morgan fingerprint density at radius 1 is 1.24 bits per heavy atom. The molecule has 2 atom stereocenters. The topological polar surface area (TPSA) is 55.6 Å². The predicted molar refractivity (Wildman–Crippen MR) is 101 cm³/mol. The molecule has 0 aromatic heterocycles. The van der Waals surface area contributed by atoms with Crippen LogP contribution in [0.2, 0.25) is 0 Å². The fourth-order valence-corrected chi connectivity index (χ4v) is 3.24. The van der Waals surface area contributed by atoms with Gasteiger partial charge in [-0.3, -0.25) is 4.79 Å². The van der Waals surface area contributed by atoms with Crippen LogP contribution in [0.25, 0.3) is 0 Å². The molecule has 1 aliphatic rings. The lowest BCUT2D eigenvalue weighted by Gasteiger charge is -2.17. The highest BCUT2D eigenvalue weighted by Gasteiger charge is 2.33. The first-order valence-electron chi connectivity index (χ1n) is 7.71. The first kappa shape index (κ1) is 19.7. The highest BCUT2D eigenvalue weighted by molar-refractivity contribution is 9.10. The van der Waals surface area contributed by atoms with E-state index < -0.39 is 5.82 Å². The van der Waals surface area contributed by atoms with Crippen molar-refractivity contribution < 1.29 is 13.9 Å². The number of halogens is 3. The van der Waals surface area contributed by atoms with Gasteiger partial charge in [-0.1, -0.05) is 46.3 Å². The summed E-state index contributed by atoms with van der Waals surface area (Å²) < 4.78 is 19.7. The third-order valence-electron chi connectivity index (χ3n) is 4.19. The van der Waals surface area contributed by atoms with Crippen LogP contribution in [0.3, 0.4) is 0 Å². The van der Waals surface area contributed by atoms with Crippen LogP contribution < -0.4 is 10.5 Å².